The van der Waals surface area contributed by atoms with E-state index in [4.69, 9.17) is 4.74 Å². The van der Waals surface area contributed by atoms with E-state index in [2.05, 4.69) is 26.2 Å². The molecule has 2 rings (SSSR count). The Morgan fingerprint density at radius 3 is 3.21 bits per heavy atom. The monoisotopic (exact) mass is 256 g/mol. The van der Waals surface area contributed by atoms with Gasteiger partial charge in [0.2, 0.25) is 0 Å². The molecule has 1 aliphatic rings. The molecule has 1 N–H and O–H groups in total. The van der Waals surface area contributed by atoms with Gasteiger partial charge in [-0.2, -0.15) is 0 Å². The minimum atomic E-state index is -0.404. The molecule has 0 aromatic carbocycles. The van der Waals surface area contributed by atoms with Crippen LogP contribution in [0.2, 0.25) is 0 Å². The van der Waals surface area contributed by atoms with Crippen LogP contribution in [0.25, 0.3) is 0 Å². The third-order valence-corrected chi connectivity index (χ3v) is 2.43. The van der Waals surface area contributed by atoms with Gasteiger partial charge in [0.15, 0.2) is 17.7 Å². The van der Waals surface area contributed by atoms with E-state index in [0.717, 1.165) is 4.47 Å². The molecule has 1 aromatic rings. The van der Waals surface area contributed by atoms with Gasteiger partial charge in [0.25, 0.3) is 5.91 Å². The molecule has 14 heavy (non-hydrogen) atoms. The Labute approximate surface area is 89.8 Å². The second-order valence-electron chi connectivity index (χ2n) is 3.00. The zero-order chi connectivity index (χ0) is 10.1. The van der Waals surface area contributed by atoms with Gasteiger partial charge in [-0.1, -0.05) is 6.92 Å². The predicted octanol–water partition coefficient (Wildman–Crippen LogP) is 1.95. The normalized spacial score (nSPS) is 19.6. The molecule has 74 valence electrons. The molecule has 0 aliphatic carbocycles. The molecule has 0 spiro atoms. The highest BCUT2D eigenvalue weighted by Crippen LogP contribution is 2.30. The number of hydrogen-bond donors (Lipinski definition) is 1. The van der Waals surface area contributed by atoms with Crippen LogP contribution in [-0.2, 0) is 4.79 Å². The Bertz CT molecular complexity index is 381. The molecule has 1 unspecified atom stereocenters. The number of anilines is 1. The first-order chi connectivity index (χ1) is 6.70. The van der Waals surface area contributed by atoms with Crippen molar-refractivity contribution in [1.82, 2.24) is 4.98 Å². The number of aromatic nitrogens is 1. The maximum Gasteiger partial charge on any atom is 0.266 e. The summed E-state index contributed by atoms with van der Waals surface area (Å²) in [6.45, 7) is 1.90. The Balaban J connectivity index is 2.36. The topological polar surface area (TPSA) is 51.2 Å². The van der Waals surface area contributed by atoms with Gasteiger partial charge >= 0.3 is 0 Å². The fraction of sp³-hybridized carbons (Fsp3) is 0.333. The third kappa shape index (κ3) is 1.59. The molecule has 0 bridgehead atoms. The van der Waals surface area contributed by atoms with Gasteiger partial charge < -0.3 is 10.1 Å². The fourth-order valence-corrected chi connectivity index (χ4v) is 1.59. The van der Waals surface area contributed by atoms with E-state index in [1.54, 1.807) is 12.3 Å². The van der Waals surface area contributed by atoms with Crippen LogP contribution in [0.15, 0.2) is 16.7 Å². The van der Waals surface area contributed by atoms with Crippen LogP contribution in [-0.4, -0.2) is 17.0 Å². The summed E-state index contributed by atoms with van der Waals surface area (Å²) in [6, 6.07) is 1.80. The van der Waals surface area contributed by atoms with E-state index in [0.29, 0.717) is 18.0 Å². The summed E-state index contributed by atoms with van der Waals surface area (Å²) in [5, 5.41) is 2.69. The minimum Gasteiger partial charge on any atom is -0.477 e. The standard InChI is InChI=1S/C9H9BrN2O2/c1-2-6-9(13)12-8-7(14-6)3-5(10)4-11-8/h3-4,6H,2H2,1H3,(H,11,12,13). The molecular weight excluding hydrogens is 248 g/mol. The molecule has 0 saturated heterocycles. The lowest BCUT2D eigenvalue weighted by Crippen LogP contribution is -2.36. The molecule has 4 nitrogen and oxygen atoms in total. The number of carbonyl (C=O) groups excluding carboxylic acids is 1. The first-order valence-corrected chi connectivity index (χ1v) is 5.13. The lowest BCUT2D eigenvalue weighted by molar-refractivity contribution is -0.123. The zero-order valence-corrected chi connectivity index (χ0v) is 9.17. The first kappa shape index (κ1) is 9.45. The summed E-state index contributed by atoms with van der Waals surface area (Å²) in [6.07, 6.45) is 1.87. The summed E-state index contributed by atoms with van der Waals surface area (Å²) in [7, 11) is 0. The summed E-state index contributed by atoms with van der Waals surface area (Å²) in [5.41, 5.74) is 0. The van der Waals surface area contributed by atoms with Crippen LogP contribution >= 0.6 is 15.9 Å². The van der Waals surface area contributed by atoms with E-state index in [9.17, 15) is 4.79 Å². The Morgan fingerprint density at radius 1 is 1.71 bits per heavy atom. The van der Waals surface area contributed by atoms with Crippen molar-refractivity contribution in [2.75, 3.05) is 5.32 Å². The van der Waals surface area contributed by atoms with Crippen molar-refractivity contribution in [3.63, 3.8) is 0 Å². The van der Waals surface area contributed by atoms with Gasteiger partial charge in [0.1, 0.15) is 0 Å². The number of carbonyl (C=O) groups is 1. The number of nitrogens with one attached hydrogen (secondary N) is 1. The number of amides is 1. The van der Waals surface area contributed by atoms with Crippen molar-refractivity contribution >= 4 is 27.7 Å². The van der Waals surface area contributed by atoms with Gasteiger partial charge in [-0.15, -0.1) is 0 Å². The molecule has 1 amide bonds. The summed E-state index contributed by atoms with van der Waals surface area (Å²) < 4.78 is 6.31. The average Bonchev–Trinajstić information content (AvgIpc) is 2.17. The second-order valence-corrected chi connectivity index (χ2v) is 3.92. The highest BCUT2D eigenvalue weighted by molar-refractivity contribution is 9.10. The van der Waals surface area contributed by atoms with Gasteiger partial charge in [-0.3, -0.25) is 4.79 Å². The van der Waals surface area contributed by atoms with Crippen LogP contribution in [0.5, 0.6) is 5.75 Å². The molecule has 2 heterocycles. The molecular formula is C9H9BrN2O2. The largest absolute Gasteiger partial charge is 0.477 e. The Hall–Kier alpha value is -1.10. The Morgan fingerprint density at radius 2 is 2.50 bits per heavy atom. The number of ether oxygens (including phenoxy) is 1. The van der Waals surface area contributed by atoms with Gasteiger partial charge in [-0.25, -0.2) is 4.98 Å². The number of rotatable bonds is 1. The second kappa shape index (κ2) is 3.57. The summed E-state index contributed by atoms with van der Waals surface area (Å²) in [4.78, 5) is 15.4. The SMILES string of the molecule is CCC1Oc2cc(Br)cnc2NC1=O. The van der Waals surface area contributed by atoms with Crippen molar-refractivity contribution in [1.29, 1.82) is 0 Å². The molecule has 0 fully saturated rings. The number of hydrogen-bond acceptors (Lipinski definition) is 3. The molecule has 1 aromatic heterocycles. The molecule has 0 radical (unpaired) electrons. The van der Waals surface area contributed by atoms with Gasteiger partial charge in [0, 0.05) is 10.7 Å². The smallest absolute Gasteiger partial charge is 0.266 e. The molecule has 0 saturated carbocycles. The first-order valence-electron chi connectivity index (χ1n) is 4.33. The quantitative estimate of drug-likeness (QED) is 0.836. The highest BCUT2D eigenvalue weighted by Gasteiger charge is 2.26. The fourth-order valence-electron chi connectivity index (χ4n) is 1.28. The van der Waals surface area contributed by atoms with E-state index < -0.39 is 6.10 Å². The van der Waals surface area contributed by atoms with Gasteiger partial charge in [0.05, 0.1) is 0 Å². The van der Waals surface area contributed by atoms with Crippen LogP contribution in [0.1, 0.15) is 13.3 Å². The van der Waals surface area contributed by atoms with Crippen molar-refractivity contribution in [2.24, 2.45) is 0 Å². The number of nitrogens with zero attached hydrogens (tertiary/aromatic N) is 1. The zero-order valence-electron chi connectivity index (χ0n) is 7.58. The summed E-state index contributed by atoms with van der Waals surface area (Å²) in [5.74, 6) is 0.976. The number of pyridine rings is 1. The van der Waals surface area contributed by atoms with Crippen LogP contribution in [0, 0.1) is 0 Å². The molecule has 5 heteroatoms. The maximum atomic E-state index is 11.4. The highest BCUT2D eigenvalue weighted by atomic mass is 79.9. The lowest BCUT2D eigenvalue weighted by Gasteiger charge is -2.23. The van der Waals surface area contributed by atoms with E-state index in [1.165, 1.54) is 0 Å². The number of fused-ring (bicyclic) bond motifs is 1. The van der Waals surface area contributed by atoms with E-state index in [1.807, 2.05) is 6.92 Å². The van der Waals surface area contributed by atoms with Crippen LogP contribution < -0.4 is 10.1 Å². The number of halogens is 1. The summed E-state index contributed by atoms with van der Waals surface area (Å²) >= 11 is 3.29. The molecule has 1 atom stereocenters. The van der Waals surface area contributed by atoms with E-state index in [-0.39, 0.29) is 5.91 Å². The van der Waals surface area contributed by atoms with Crippen molar-refractivity contribution in [2.45, 2.75) is 19.4 Å². The van der Waals surface area contributed by atoms with Crippen molar-refractivity contribution < 1.29 is 9.53 Å². The predicted molar refractivity (Wildman–Crippen MR) is 55.3 cm³/mol. The van der Waals surface area contributed by atoms with E-state index >= 15 is 0 Å². The van der Waals surface area contributed by atoms with Crippen molar-refractivity contribution in [3.05, 3.63) is 16.7 Å². The lowest BCUT2D eigenvalue weighted by atomic mass is 10.2. The maximum absolute atomic E-state index is 11.4. The van der Waals surface area contributed by atoms with Crippen molar-refractivity contribution in [3.8, 4) is 5.75 Å². The minimum absolute atomic E-state index is 0.130. The van der Waals surface area contributed by atoms with Crippen LogP contribution in [0.3, 0.4) is 0 Å². The Kier molecular flexibility index (Phi) is 2.41. The third-order valence-electron chi connectivity index (χ3n) is 1.99. The molecule has 1 aliphatic heterocycles. The average molecular weight is 257 g/mol. The van der Waals surface area contributed by atoms with Crippen LogP contribution in [0.4, 0.5) is 5.82 Å². The van der Waals surface area contributed by atoms with Gasteiger partial charge in [-0.05, 0) is 28.4 Å².